The summed E-state index contributed by atoms with van der Waals surface area (Å²) in [4.78, 5) is 4.98. The highest BCUT2D eigenvalue weighted by Crippen LogP contribution is 2.25. The van der Waals surface area contributed by atoms with Crippen LogP contribution in [0.1, 0.15) is 18.9 Å². The fourth-order valence-electron chi connectivity index (χ4n) is 2.56. The van der Waals surface area contributed by atoms with E-state index in [2.05, 4.69) is 45.8 Å². The Labute approximate surface area is 118 Å². The molecule has 0 bridgehead atoms. The van der Waals surface area contributed by atoms with Crippen molar-refractivity contribution in [1.82, 2.24) is 9.80 Å². The monoisotopic (exact) mass is 311 g/mol. The van der Waals surface area contributed by atoms with Crippen LogP contribution in [0.5, 0.6) is 0 Å². The Morgan fingerprint density at radius 1 is 1.39 bits per heavy atom. The zero-order valence-electron chi connectivity index (χ0n) is 11.2. The van der Waals surface area contributed by atoms with Gasteiger partial charge >= 0.3 is 0 Å². The molecule has 1 fully saturated rings. The summed E-state index contributed by atoms with van der Waals surface area (Å²) >= 11 is 3.59. The molecular weight excluding hydrogens is 290 g/mol. The molecule has 0 amide bonds. The summed E-state index contributed by atoms with van der Waals surface area (Å²) in [6.45, 7) is 6.68. The highest BCUT2D eigenvalue weighted by atomic mass is 79.9. The van der Waals surface area contributed by atoms with Crippen LogP contribution in [0.15, 0.2) is 22.7 Å². The number of hydrogen-bond acceptors (Lipinski definition) is 3. The van der Waals surface area contributed by atoms with Crippen LogP contribution in [0.25, 0.3) is 0 Å². The lowest BCUT2D eigenvalue weighted by atomic mass is 10.1. The minimum absolute atomic E-state index is 0.679. The third-order valence-electron chi connectivity index (χ3n) is 3.83. The Morgan fingerprint density at radius 2 is 2.17 bits per heavy atom. The number of nitrogens with zero attached hydrogens (tertiary/aromatic N) is 2. The van der Waals surface area contributed by atoms with Crippen LogP contribution >= 0.6 is 15.9 Å². The maximum atomic E-state index is 5.93. The van der Waals surface area contributed by atoms with E-state index in [0.29, 0.717) is 6.04 Å². The molecular formula is C14H22BrN3. The summed E-state index contributed by atoms with van der Waals surface area (Å²) < 4.78 is 1.05. The van der Waals surface area contributed by atoms with E-state index in [4.69, 9.17) is 5.73 Å². The Bertz CT molecular complexity index is 408. The van der Waals surface area contributed by atoms with E-state index < -0.39 is 0 Å². The molecule has 0 spiro atoms. The average molecular weight is 312 g/mol. The summed E-state index contributed by atoms with van der Waals surface area (Å²) in [5.41, 5.74) is 8.04. The molecule has 0 radical (unpaired) electrons. The molecule has 3 nitrogen and oxygen atoms in total. The van der Waals surface area contributed by atoms with Crippen LogP contribution in [0.4, 0.5) is 5.69 Å². The number of halogens is 1. The van der Waals surface area contributed by atoms with Gasteiger partial charge in [0.15, 0.2) is 0 Å². The van der Waals surface area contributed by atoms with Crippen molar-refractivity contribution in [1.29, 1.82) is 0 Å². The molecule has 2 N–H and O–H groups in total. The van der Waals surface area contributed by atoms with Gasteiger partial charge < -0.3 is 10.6 Å². The molecule has 18 heavy (non-hydrogen) atoms. The summed E-state index contributed by atoms with van der Waals surface area (Å²) in [7, 11) is 2.22. The molecule has 2 rings (SSSR count). The Kier molecular flexibility index (Phi) is 4.65. The Balaban J connectivity index is 2.03. The van der Waals surface area contributed by atoms with Gasteiger partial charge in [-0.1, -0.05) is 19.1 Å². The van der Waals surface area contributed by atoms with Gasteiger partial charge in [0, 0.05) is 42.4 Å². The minimum atomic E-state index is 0.679. The largest absolute Gasteiger partial charge is 0.398 e. The SMILES string of the molecule is CCC1CN(Cc2cccc(N)c2Br)CCN1C. The van der Waals surface area contributed by atoms with E-state index in [9.17, 15) is 0 Å². The van der Waals surface area contributed by atoms with E-state index in [0.717, 1.165) is 36.3 Å². The van der Waals surface area contributed by atoms with Gasteiger partial charge in [-0.3, -0.25) is 4.90 Å². The van der Waals surface area contributed by atoms with Gasteiger partial charge in [-0.2, -0.15) is 0 Å². The number of likely N-dealkylation sites (N-methyl/N-ethyl adjacent to an activating group) is 1. The standard InChI is InChI=1S/C14H22BrN3/c1-3-12-10-18(8-7-17(12)2)9-11-5-4-6-13(16)14(11)15/h4-6,12H,3,7-10,16H2,1-2H3. The number of nitrogen functional groups attached to an aromatic ring is 1. The minimum Gasteiger partial charge on any atom is -0.398 e. The first kappa shape index (κ1) is 13.8. The summed E-state index contributed by atoms with van der Waals surface area (Å²) in [6, 6.07) is 6.80. The lowest BCUT2D eigenvalue weighted by Gasteiger charge is -2.39. The Hall–Kier alpha value is -0.580. The van der Waals surface area contributed by atoms with Gasteiger partial charge in [0.1, 0.15) is 0 Å². The van der Waals surface area contributed by atoms with Gasteiger partial charge in [0.05, 0.1) is 0 Å². The smallest absolute Gasteiger partial charge is 0.0461 e. The molecule has 100 valence electrons. The second kappa shape index (κ2) is 6.04. The number of anilines is 1. The number of piperazine rings is 1. The van der Waals surface area contributed by atoms with Gasteiger partial charge in [0.2, 0.25) is 0 Å². The van der Waals surface area contributed by atoms with Crippen LogP contribution in [-0.4, -0.2) is 42.5 Å². The van der Waals surface area contributed by atoms with Gasteiger partial charge in [-0.25, -0.2) is 0 Å². The topological polar surface area (TPSA) is 32.5 Å². The predicted octanol–water partition coefficient (Wildman–Crippen LogP) is 2.56. The molecule has 1 unspecified atom stereocenters. The van der Waals surface area contributed by atoms with Crippen LogP contribution < -0.4 is 5.73 Å². The van der Waals surface area contributed by atoms with Gasteiger partial charge in [0.25, 0.3) is 0 Å². The first-order chi connectivity index (χ1) is 8.61. The van der Waals surface area contributed by atoms with Crippen LogP contribution in [0.3, 0.4) is 0 Å². The van der Waals surface area contributed by atoms with Crippen LogP contribution in [0.2, 0.25) is 0 Å². The number of nitrogens with two attached hydrogens (primary N) is 1. The van der Waals surface area contributed by atoms with Crippen molar-refractivity contribution in [2.24, 2.45) is 0 Å². The fourth-order valence-corrected chi connectivity index (χ4v) is 2.95. The number of benzene rings is 1. The third kappa shape index (κ3) is 3.05. The highest BCUT2D eigenvalue weighted by Gasteiger charge is 2.23. The predicted molar refractivity (Wildman–Crippen MR) is 80.5 cm³/mol. The van der Waals surface area contributed by atoms with E-state index in [-0.39, 0.29) is 0 Å². The highest BCUT2D eigenvalue weighted by molar-refractivity contribution is 9.10. The average Bonchev–Trinajstić information content (AvgIpc) is 2.37. The van der Waals surface area contributed by atoms with Crippen molar-refractivity contribution in [3.63, 3.8) is 0 Å². The van der Waals surface area contributed by atoms with Gasteiger partial charge in [-0.05, 0) is 41.0 Å². The second-order valence-corrected chi connectivity index (χ2v) is 5.89. The van der Waals surface area contributed by atoms with Crippen molar-refractivity contribution in [3.8, 4) is 0 Å². The van der Waals surface area contributed by atoms with Crippen LogP contribution in [-0.2, 0) is 6.54 Å². The van der Waals surface area contributed by atoms with Crippen molar-refractivity contribution in [2.75, 3.05) is 32.4 Å². The summed E-state index contributed by atoms with van der Waals surface area (Å²) in [5.74, 6) is 0. The Morgan fingerprint density at radius 3 is 2.89 bits per heavy atom. The molecule has 1 atom stereocenters. The zero-order chi connectivity index (χ0) is 13.1. The van der Waals surface area contributed by atoms with E-state index in [1.165, 1.54) is 12.0 Å². The zero-order valence-corrected chi connectivity index (χ0v) is 12.8. The maximum Gasteiger partial charge on any atom is 0.0461 e. The maximum absolute atomic E-state index is 5.93. The van der Waals surface area contributed by atoms with E-state index in [1.54, 1.807) is 0 Å². The molecule has 1 saturated heterocycles. The third-order valence-corrected chi connectivity index (χ3v) is 4.80. The lowest BCUT2D eigenvalue weighted by molar-refractivity contribution is 0.0882. The summed E-state index contributed by atoms with van der Waals surface area (Å²) in [6.07, 6.45) is 1.21. The molecule has 4 heteroatoms. The first-order valence-electron chi connectivity index (χ1n) is 6.57. The second-order valence-electron chi connectivity index (χ2n) is 5.10. The molecule has 0 saturated carbocycles. The first-order valence-corrected chi connectivity index (χ1v) is 7.36. The molecule has 1 aromatic rings. The molecule has 1 aliphatic heterocycles. The van der Waals surface area contributed by atoms with Crippen molar-refractivity contribution in [3.05, 3.63) is 28.2 Å². The molecule has 1 heterocycles. The molecule has 0 aliphatic carbocycles. The normalized spacial score (nSPS) is 22.3. The van der Waals surface area contributed by atoms with Crippen LogP contribution in [0, 0.1) is 0 Å². The molecule has 1 aromatic carbocycles. The van der Waals surface area contributed by atoms with Crippen molar-refractivity contribution < 1.29 is 0 Å². The number of rotatable bonds is 3. The van der Waals surface area contributed by atoms with E-state index >= 15 is 0 Å². The number of hydrogen-bond donors (Lipinski definition) is 1. The van der Waals surface area contributed by atoms with E-state index in [1.807, 2.05) is 12.1 Å². The summed E-state index contributed by atoms with van der Waals surface area (Å²) in [5, 5.41) is 0. The quantitative estimate of drug-likeness (QED) is 0.871. The fraction of sp³-hybridized carbons (Fsp3) is 0.571. The molecule has 1 aliphatic rings. The van der Waals surface area contributed by atoms with Crippen molar-refractivity contribution in [2.45, 2.75) is 25.9 Å². The van der Waals surface area contributed by atoms with Gasteiger partial charge in [-0.15, -0.1) is 0 Å². The van der Waals surface area contributed by atoms with Crippen molar-refractivity contribution >= 4 is 21.6 Å². The lowest BCUT2D eigenvalue weighted by Crippen LogP contribution is -2.50. The molecule has 0 aromatic heterocycles.